The number of benzene rings is 1. The highest BCUT2D eigenvalue weighted by molar-refractivity contribution is 7.13. The molecule has 1 amide bonds. The fraction of sp³-hybridized carbons (Fsp3) is 0.478. The van der Waals surface area contributed by atoms with E-state index >= 15 is 0 Å². The van der Waals surface area contributed by atoms with Crippen molar-refractivity contribution in [1.29, 1.82) is 0 Å². The van der Waals surface area contributed by atoms with E-state index in [1.54, 1.807) is 6.20 Å². The first-order valence-electron chi connectivity index (χ1n) is 10.9. The summed E-state index contributed by atoms with van der Waals surface area (Å²) in [5, 5.41) is 4.81. The molecule has 0 aliphatic carbocycles. The molecule has 0 spiro atoms. The number of hydrogen-bond donors (Lipinski definition) is 0. The van der Waals surface area contributed by atoms with Crippen LogP contribution in [0.25, 0.3) is 11.4 Å². The van der Waals surface area contributed by atoms with Crippen LogP contribution in [0.4, 0.5) is 13.2 Å². The lowest BCUT2D eigenvalue weighted by molar-refractivity contribution is -0.137. The zero-order chi connectivity index (χ0) is 24.7. The predicted molar refractivity (Wildman–Crippen MR) is 121 cm³/mol. The maximum absolute atomic E-state index is 13.0. The van der Waals surface area contributed by atoms with Crippen molar-refractivity contribution in [2.24, 2.45) is 0 Å². The number of piperazine rings is 1. The van der Waals surface area contributed by atoms with Crippen LogP contribution in [0.1, 0.15) is 59.9 Å². The quantitative estimate of drug-likeness (QED) is 0.508. The third-order valence-electron chi connectivity index (χ3n) is 5.75. The molecule has 0 bridgehead atoms. The van der Waals surface area contributed by atoms with Crippen LogP contribution in [0.2, 0.25) is 0 Å². The standard InChI is InChI=1S/C23H26F3N5O2S/c1-14(19-28-18(29-33-19)15-6-5-7-16(12-15)23(24,25)26)30-8-10-31(11-9-30)20(32)17-13-27-21(34-17)22(2,3)4/h5-7,12-14H,8-11H2,1-4H3. The Hall–Kier alpha value is -2.79. The van der Waals surface area contributed by atoms with Gasteiger partial charge in [-0.3, -0.25) is 9.69 Å². The first kappa shape index (κ1) is 24.3. The highest BCUT2D eigenvalue weighted by Crippen LogP contribution is 2.32. The third-order valence-corrected chi connectivity index (χ3v) is 7.17. The molecule has 182 valence electrons. The van der Waals surface area contributed by atoms with Gasteiger partial charge < -0.3 is 9.42 Å². The van der Waals surface area contributed by atoms with Crippen LogP contribution in [0, 0.1) is 0 Å². The molecule has 4 rings (SSSR count). The molecule has 3 heterocycles. The van der Waals surface area contributed by atoms with Gasteiger partial charge >= 0.3 is 6.18 Å². The van der Waals surface area contributed by atoms with Crippen molar-refractivity contribution in [3.63, 3.8) is 0 Å². The Balaban J connectivity index is 1.39. The van der Waals surface area contributed by atoms with Crippen LogP contribution >= 0.6 is 11.3 Å². The molecule has 1 aliphatic rings. The summed E-state index contributed by atoms with van der Waals surface area (Å²) in [6, 6.07) is 4.61. The lowest BCUT2D eigenvalue weighted by Gasteiger charge is -2.36. The Morgan fingerprint density at radius 2 is 1.85 bits per heavy atom. The van der Waals surface area contributed by atoms with Crippen LogP contribution in [0.15, 0.2) is 35.0 Å². The second-order valence-electron chi connectivity index (χ2n) is 9.32. The molecule has 0 N–H and O–H groups in total. The average molecular weight is 494 g/mol. The topological polar surface area (TPSA) is 75.4 Å². The molecular formula is C23H26F3N5O2S. The van der Waals surface area contributed by atoms with Gasteiger partial charge in [0, 0.05) is 37.2 Å². The Kier molecular flexibility index (Phi) is 6.52. The van der Waals surface area contributed by atoms with E-state index in [0.29, 0.717) is 36.9 Å². The van der Waals surface area contributed by atoms with E-state index in [1.807, 2.05) is 11.8 Å². The van der Waals surface area contributed by atoms with E-state index in [1.165, 1.54) is 23.5 Å². The van der Waals surface area contributed by atoms with Gasteiger partial charge in [-0.1, -0.05) is 38.1 Å². The van der Waals surface area contributed by atoms with E-state index in [0.717, 1.165) is 17.1 Å². The Labute approximate surface area is 199 Å². The molecule has 7 nitrogen and oxygen atoms in total. The number of nitrogens with zero attached hydrogens (tertiary/aromatic N) is 5. The van der Waals surface area contributed by atoms with Gasteiger partial charge in [0.25, 0.3) is 5.91 Å². The minimum Gasteiger partial charge on any atom is -0.337 e. The molecule has 1 aliphatic heterocycles. The molecule has 1 unspecified atom stereocenters. The van der Waals surface area contributed by atoms with E-state index < -0.39 is 11.7 Å². The number of hydrogen-bond acceptors (Lipinski definition) is 7. The number of carbonyl (C=O) groups excluding carboxylic acids is 1. The molecule has 0 radical (unpaired) electrons. The number of amides is 1. The Morgan fingerprint density at radius 3 is 2.47 bits per heavy atom. The second-order valence-corrected chi connectivity index (χ2v) is 10.3. The van der Waals surface area contributed by atoms with Crippen LogP contribution in [-0.2, 0) is 11.6 Å². The summed E-state index contributed by atoms with van der Waals surface area (Å²) in [5.41, 5.74) is -0.624. The lowest BCUT2D eigenvalue weighted by atomic mass is 9.98. The van der Waals surface area contributed by atoms with Crippen LogP contribution < -0.4 is 0 Å². The van der Waals surface area contributed by atoms with Crippen molar-refractivity contribution < 1.29 is 22.5 Å². The van der Waals surface area contributed by atoms with Crippen LogP contribution in [0.5, 0.6) is 0 Å². The second kappa shape index (κ2) is 9.10. The summed E-state index contributed by atoms with van der Waals surface area (Å²) in [7, 11) is 0. The molecular weight excluding hydrogens is 467 g/mol. The van der Waals surface area contributed by atoms with Gasteiger partial charge in [0.15, 0.2) is 0 Å². The SMILES string of the molecule is CC(c1nc(-c2cccc(C(F)(F)F)c2)no1)N1CCN(C(=O)c2cnc(C(C)(C)C)s2)CC1. The lowest BCUT2D eigenvalue weighted by Crippen LogP contribution is -2.49. The summed E-state index contributed by atoms with van der Waals surface area (Å²) in [4.78, 5) is 26.2. The first-order valence-corrected chi connectivity index (χ1v) is 11.8. The zero-order valence-electron chi connectivity index (χ0n) is 19.4. The molecule has 1 atom stereocenters. The maximum atomic E-state index is 13.0. The van der Waals surface area contributed by atoms with Crippen molar-refractivity contribution in [2.45, 2.75) is 45.3 Å². The predicted octanol–water partition coefficient (Wildman–Crippen LogP) is 5.03. The summed E-state index contributed by atoms with van der Waals surface area (Å²) in [6.07, 6.45) is -2.79. The molecule has 2 aromatic heterocycles. The molecule has 0 saturated carbocycles. The smallest absolute Gasteiger partial charge is 0.337 e. The molecule has 11 heteroatoms. The summed E-state index contributed by atoms with van der Waals surface area (Å²) >= 11 is 1.43. The molecule has 1 aromatic carbocycles. The molecule has 1 saturated heterocycles. The summed E-state index contributed by atoms with van der Waals surface area (Å²) in [6.45, 7) is 10.4. The summed E-state index contributed by atoms with van der Waals surface area (Å²) in [5.74, 6) is 0.413. The van der Waals surface area contributed by atoms with Crippen molar-refractivity contribution in [1.82, 2.24) is 24.9 Å². The van der Waals surface area contributed by atoms with Gasteiger partial charge in [-0.05, 0) is 19.1 Å². The summed E-state index contributed by atoms with van der Waals surface area (Å²) < 4.78 is 44.4. The minimum atomic E-state index is -4.44. The van der Waals surface area contributed by atoms with Crippen molar-refractivity contribution in [3.05, 3.63) is 51.8 Å². The van der Waals surface area contributed by atoms with E-state index in [4.69, 9.17) is 4.52 Å². The number of carbonyl (C=O) groups is 1. The van der Waals surface area contributed by atoms with Gasteiger partial charge in [-0.25, -0.2) is 4.98 Å². The average Bonchev–Trinajstić information content (AvgIpc) is 3.48. The van der Waals surface area contributed by atoms with E-state index in [2.05, 4.69) is 40.8 Å². The van der Waals surface area contributed by atoms with Crippen molar-refractivity contribution in [2.75, 3.05) is 26.2 Å². The van der Waals surface area contributed by atoms with Crippen molar-refractivity contribution in [3.8, 4) is 11.4 Å². The number of halogens is 3. The van der Waals surface area contributed by atoms with Gasteiger partial charge in [0.2, 0.25) is 11.7 Å². The van der Waals surface area contributed by atoms with E-state index in [-0.39, 0.29) is 28.8 Å². The van der Waals surface area contributed by atoms with Gasteiger partial charge in [-0.2, -0.15) is 18.2 Å². The number of thiazole rings is 1. The van der Waals surface area contributed by atoms with Gasteiger partial charge in [0.05, 0.1) is 22.8 Å². The fourth-order valence-corrected chi connectivity index (χ4v) is 4.64. The normalized spacial score (nSPS) is 16.6. The maximum Gasteiger partial charge on any atom is 0.416 e. The number of aromatic nitrogens is 3. The zero-order valence-corrected chi connectivity index (χ0v) is 20.2. The third kappa shape index (κ3) is 5.15. The number of alkyl halides is 3. The van der Waals surface area contributed by atoms with Crippen molar-refractivity contribution >= 4 is 17.2 Å². The molecule has 3 aromatic rings. The fourth-order valence-electron chi connectivity index (χ4n) is 3.70. The van der Waals surface area contributed by atoms with Crippen LogP contribution in [0.3, 0.4) is 0 Å². The Bertz CT molecular complexity index is 1160. The van der Waals surface area contributed by atoms with E-state index in [9.17, 15) is 18.0 Å². The molecule has 1 fully saturated rings. The highest BCUT2D eigenvalue weighted by Gasteiger charge is 2.32. The van der Waals surface area contributed by atoms with Crippen LogP contribution in [-0.4, -0.2) is 57.0 Å². The van der Waals surface area contributed by atoms with Gasteiger partial charge in [-0.15, -0.1) is 11.3 Å². The first-order chi connectivity index (χ1) is 15.9. The highest BCUT2D eigenvalue weighted by atomic mass is 32.1. The Morgan fingerprint density at radius 1 is 1.15 bits per heavy atom. The molecule has 34 heavy (non-hydrogen) atoms. The minimum absolute atomic E-state index is 0.0232. The largest absolute Gasteiger partial charge is 0.416 e. The number of rotatable bonds is 4. The van der Waals surface area contributed by atoms with Gasteiger partial charge in [0.1, 0.15) is 4.88 Å². The monoisotopic (exact) mass is 493 g/mol.